The number of nitrogens with zero attached hydrogens (tertiary/aromatic N) is 2. The third-order valence-electron chi connectivity index (χ3n) is 4.12. The summed E-state index contributed by atoms with van der Waals surface area (Å²) in [6, 6.07) is 9.86. The molecule has 0 spiro atoms. The molecule has 0 aliphatic heterocycles. The number of ether oxygens (including phenoxy) is 1. The zero-order chi connectivity index (χ0) is 19.7. The number of nitro groups is 1. The normalized spacial score (nSPS) is 10.8. The molecule has 0 saturated heterocycles. The number of hydrogen-bond donors (Lipinski definition) is 0. The number of aryl methyl sites for hydroxylation is 1. The molecule has 0 atom stereocenters. The van der Waals surface area contributed by atoms with Crippen LogP contribution >= 0.6 is 15.9 Å². The fourth-order valence-electron chi connectivity index (χ4n) is 2.91. The minimum atomic E-state index is -0.919. The Morgan fingerprint density at radius 3 is 2.59 bits per heavy atom. The van der Waals surface area contributed by atoms with Crippen molar-refractivity contribution in [3.8, 4) is 5.69 Å². The molecule has 0 bridgehead atoms. The van der Waals surface area contributed by atoms with Crippen LogP contribution in [0.4, 0.5) is 5.69 Å². The summed E-state index contributed by atoms with van der Waals surface area (Å²) in [5.41, 5.74) is 2.23. The number of Topliss-reactive ketones (excluding diaryl/α,β-unsaturated/α-hetero) is 1. The third kappa shape index (κ3) is 3.48. The summed E-state index contributed by atoms with van der Waals surface area (Å²) < 4.78 is 7.33. The molecule has 1 aromatic heterocycles. The monoisotopic (exact) mass is 430 g/mol. The van der Waals surface area contributed by atoms with E-state index in [2.05, 4.69) is 15.9 Å². The Bertz CT molecular complexity index is 1090. The van der Waals surface area contributed by atoms with Crippen molar-refractivity contribution in [2.75, 3.05) is 6.61 Å². The van der Waals surface area contributed by atoms with Crippen molar-refractivity contribution in [2.45, 2.75) is 13.8 Å². The minimum absolute atomic E-state index is 0.0155. The average molecular weight is 431 g/mol. The number of non-ortho nitro benzene ring substituents is 1. The van der Waals surface area contributed by atoms with Gasteiger partial charge in [0.05, 0.1) is 22.6 Å². The van der Waals surface area contributed by atoms with Crippen LogP contribution in [-0.2, 0) is 9.53 Å². The Kier molecular flexibility index (Phi) is 5.09. The molecule has 8 heteroatoms. The van der Waals surface area contributed by atoms with E-state index >= 15 is 0 Å². The summed E-state index contributed by atoms with van der Waals surface area (Å²) in [5.74, 6) is -1.66. The maximum atomic E-state index is 12.5. The molecule has 0 N–H and O–H groups in total. The van der Waals surface area contributed by atoms with Gasteiger partial charge in [0.15, 0.2) is 0 Å². The molecule has 0 aliphatic carbocycles. The van der Waals surface area contributed by atoms with Gasteiger partial charge < -0.3 is 9.30 Å². The highest BCUT2D eigenvalue weighted by Gasteiger charge is 2.24. The van der Waals surface area contributed by atoms with E-state index in [1.165, 1.54) is 12.1 Å². The second-order valence-electron chi connectivity index (χ2n) is 5.85. The maximum absolute atomic E-state index is 12.5. The van der Waals surface area contributed by atoms with E-state index in [0.717, 1.165) is 4.47 Å². The molecule has 0 aliphatic rings. The first-order chi connectivity index (χ1) is 12.8. The number of fused-ring (bicyclic) bond motifs is 1. The number of esters is 1. The van der Waals surface area contributed by atoms with Gasteiger partial charge in [-0.2, -0.15) is 0 Å². The molecule has 0 radical (unpaired) electrons. The molecule has 0 amide bonds. The van der Waals surface area contributed by atoms with Gasteiger partial charge in [-0.15, -0.1) is 0 Å². The quantitative estimate of drug-likeness (QED) is 0.197. The molecule has 27 heavy (non-hydrogen) atoms. The summed E-state index contributed by atoms with van der Waals surface area (Å²) in [6.45, 7) is 3.49. The van der Waals surface area contributed by atoms with Gasteiger partial charge in [-0.3, -0.25) is 14.9 Å². The number of aromatic nitrogens is 1. The van der Waals surface area contributed by atoms with Crippen LogP contribution in [0.3, 0.4) is 0 Å². The van der Waals surface area contributed by atoms with Crippen molar-refractivity contribution in [1.29, 1.82) is 0 Å². The maximum Gasteiger partial charge on any atom is 0.379 e. The molecule has 3 rings (SSSR count). The number of carbonyl (C=O) groups excluding carboxylic acids is 2. The third-order valence-corrected chi connectivity index (χ3v) is 4.62. The van der Waals surface area contributed by atoms with Crippen LogP contribution < -0.4 is 0 Å². The lowest BCUT2D eigenvalue weighted by Gasteiger charge is -2.09. The lowest BCUT2D eigenvalue weighted by Crippen LogP contribution is -2.17. The molecule has 7 nitrogen and oxygen atoms in total. The van der Waals surface area contributed by atoms with Crippen LogP contribution in [0.5, 0.6) is 0 Å². The number of rotatable bonds is 5. The summed E-state index contributed by atoms with van der Waals surface area (Å²) in [5, 5.41) is 11.6. The Morgan fingerprint density at radius 1 is 1.22 bits per heavy atom. The molecular formula is C19H15BrN2O5. The molecule has 2 aromatic carbocycles. The van der Waals surface area contributed by atoms with Crippen LogP contribution in [0.1, 0.15) is 22.8 Å². The van der Waals surface area contributed by atoms with E-state index in [9.17, 15) is 19.7 Å². The Balaban J connectivity index is 2.22. The number of carbonyl (C=O) groups is 2. The topological polar surface area (TPSA) is 91.4 Å². The SMILES string of the molecule is CCOC(=O)C(=O)c1cn(-c2ccc([N+](=O)[O-])cc2C)c2ccc(Br)cc12. The molecule has 3 aromatic rings. The standard InChI is InChI=1S/C19H15BrN2O5/c1-3-27-19(24)18(23)15-10-21(17-6-4-12(20)9-14(15)17)16-7-5-13(22(25)26)8-11(16)2/h4-10H,3H2,1-2H3. The van der Waals surface area contributed by atoms with Crippen molar-refractivity contribution in [3.63, 3.8) is 0 Å². The van der Waals surface area contributed by atoms with Crippen molar-refractivity contribution in [2.24, 2.45) is 0 Å². The van der Waals surface area contributed by atoms with Crippen LogP contribution in [0.25, 0.3) is 16.6 Å². The van der Waals surface area contributed by atoms with Gasteiger partial charge in [-0.05, 0) is 43.7 Å². The molecule has 0 fully saturated rings. The highest BCUT2D eigenvalue weighted by molar-refractivity contribution is 9.10. The lowest BCUT2D eigenvalue weighted by molar-refractivity contribution is -0.384. The van der Waals surface area contributed by atoms with Crippen LogP contribution in [-0.4, -0.2) is 27.8 Å². The van der Waals surface area contributed by atoms with Crippen molar-refractivity contribution in [1.82, 2.24) is 4.57 Å². The van der Waals surface area contributed by atoms with Gasteiger partial charge >= 0.3 is 5.97 Å². The second kappa shape index (κ2) is 7.32. The van der Waals surface area contributed by atoms with E-state index in [1.54, 1.807) is 36.7 Å². The molecule has 0 saturated carbocycles. The zero-order valence-electron chi connectivity index (χ0n) is 14.6. The summed E-state index contributed by atoms with van der Waals surface area (Å²) >= 11 is 3.38. The Labute approximate surface area is 162 Å². The average Bonchev–Trinajstić information content (AvgIpc) is 2.99. The molecule has 138 valence electrons. The van der Waals surface area contributed by atoms with Gasteiger partial charge in [0.2, 0.25) is 0 Å². The number of halogens is 1. The van der Waals surface area contributed by atoms with E-state index in [0.29, 0.717) is 22.2 Å². The van der Waals surface area contributed by atoms with Crippen LogP contribution in [0.15, 0.2) is 47.1 Å². The lowest BCUT2D eigenvalue weighted by atomic mass is 10.1. The predicted octanol–water partition coefficient (Wildman–Crippen LogP) is 4.36. The van der Waals surface area contributed by atoms with Crippen LogP contribution in [0, 0.1) is 17.0 Å². The van der Waals surface area contributed by atoms with E-state index in [4.69, 9.17) is 4.74 Å². The van der Waals surface area contributed by atoms with E-state index in [1.807, 2.05) is 12.1 Å². The van der Waals surface area contributed by atoms with Crippen molar-refractivity contribution in [3.05, 3.63) is 68.3 Å². The van der Waals surface area contributed by atoms with Gasteiger partial charge in [-0.1, -0.05) is 15.9 Å². The van der Waals surface area contributed by atoms with Gasteiger partial charge in [-0.25, -0.2) is 4.79 Å². The Hall–Kier alpha value is -3.00. The first kappa shape index (κ1) is 18.8. The predicted molar refractivity (Wildman–Crippen MR) is 103 cm³/mol. The highest BCUT2D eigenvalue weighted by Crippen LogP contribution is 2.30. The van der Waals surface area contributed by atoms with E-state index in [-0.39, 0.29) is 17.9 Å². The van der Waals surface area contributed by atoms with Crippen LogP contribution in [0.2, 0.25) is 0 Å². The molecule has 1 heterocycles. The number of ketones is 1. The number of hydrogen-bond acceptors (Lipinski definition) is 5. The smallest absolute Gasteiger partial charge is 0.379 e. The van der Waals surface area contributed by atoms with Crippen molar-refractivity contribution >= 4 is 44.3 Å². The van der Waals surface area contributed by atoms with Gasteiger partial charge in [0.1, 0.15) is 0 Å². The highest BCUT2D eigenvalue weighted by atomic mass is 79.9. The number of nitro benzene ring substituents is 1. The summed E-state index contributed by atoms with van der Waals surface area (Å²) in [6.07, 6.45) is 1.56. The summed E-state index contributed by atoms with van der Waals surface area (Å²) in [7, 11) is 0. The fourth-order valence-corrected chi connectivity index (χ4v) is 3.27. The largest absolute Gasteiger partial charge is 0.460 e. The molecular weight excluding hydrogens is 416 g/mol. The minimum Gasteiger partial charge on any atom is -0.460 e. The fraction of sp³-hybridized carbons (Fsp3) is 0.158. The van der Waals surface area contributed by atoms with Crippen molar-refractivity contribution < 1.29 is 19.2 Å². The van der Waals surface area contributed by atoms with Gasteiger partial charge in [0, 0.05) is 33.9 Å². The Morgan fingerprint density at radius 2 is 1.96 bits per heavy atom. The van der Waals surface area contributed by atoms with Gasteiger partial charge in [0.25, 0.3) is 11.5 Å². The first-order valence-corrected chi connectivity index (χ1v) is 8.90. The molecule has 0 unspecified atom stereocenters. The second-order valence-corrected chi connectivity index (χ2v) is 6.77. The first-order valence-electron chi connectivity index (χ1n) is 8.11. The zero-order valence-corrected chi connectivity index (χ0v) is 16.1. The summed E-state index contributed by atoms with van der Waals surface area (Å²) in [4.78, 5) is 35.0. The number of benzene rings is 2. The van der Waals surface area contributed by atoms with E-state index < -0.39 is 16.7 Å².